The van der Waals surface area contributed by atoms with E-state index in [1.807, 2.05) is 19.1 Å². The van der Waals surface area contributed by atoms with Crippen molar-refractivity contribution in [3.8, 4) is 11.4 Å². The molecule has 2 rings (SSSR count). The average molecular weight is 239 g/mol. The highest BCUT2D eigenvalue weighted by atomic mass is 79.9. The fraction of sp³-hybridized carbons (Fsp3) is 0.125. The standard InChI is InChI=1S/C8H7BrN4/c1-5-2-3-10-6(4-5)7-8(9)12-13-11-7/h2-4H,1H3,(H,11,12,13). The van der Waals surface area contributed by atoms with Crippen molar-refractivity contribution in [3.63, 3.8) is 0 Å². The summed E-state index contributed by atoms with van der Waals surface area (Å²) in [5.41, 5.74) is 2.71. The molecule has 0 bridgehead atoms. The molecular weight excluding hydrogens is 232 g/mol. The quantitative estimate of drug-likeness (QED) is 0.827. The molecule has 2 aromatic heterocycles. The number of aromatic nitrogens is 4. The monoisotopic (exact) mass is 238 g/mol. The van der Waals surface area contributed by atoms with Crippen LogP contribution >= 0.6 is 15.9 Å². The number of pyridine rings is 1. The van der Waals surface area contributed by atoms with Crippen LogP contribution in [-0.4, -0.2) is 20.4 Å². The topological polar surface area (TPSA) is 54.5 Å². The lowest BCUT2D eigenvalue weighted by Gasteiger charge is -1.96. The first-order valence-corrected chi connectivity index (χ1v) is 4.56. The Morgan fingerprint density at radius 3 is 2.85 bits per heavy atom. The molecular formula is C8H7BrN4. The first-order valence-electron chi connectivity index (χ1n) is 3.76. The van der Waals surface area contributed by atoms with E-state index in [4.69, 9.17) is 0 Å². The number of nitrogens with one attached hydrogen (secondary N) is 1. The number of aromatic amines is 1. The number of nitrogens with zero attached hydrogens (tertiary/aromatic N) is 3. The summed E-state index contributed by atoms with van der Waals surface area (Å²) < 4.78 is 0.686. The molecule has 2 aromatic rings. The lowest BCUT2D eigenvalue weighted by atomic mass is 10.2. The lowest BCUT2D eigenvalue weighted by molar-refractivity contribution is 0.934. The molecule has 66 valence electrons. The molecule has 0 saturated carbocycles. The third kappa shape index (κ3) is 1.60. The van der Waals surface area contributed by atoms with Gasteiger partial charge < -0.3 is 0 Å². The molecule has 0 saturated heterocycles. The van der Waals surface area contributed by atoms with Gasteiger partial charge in [0.1, 0.15) is 5.69 Å². The molecule has 0 aliphatic carbocycles. The average Bonchev–Trinajstić information content (AvgIpc) is 2.51. The van der Waals surface area contributed by atoms with Crippen molar-refractivity contribution in [2.24, 2.45) is 0 Å². The maximum Gasteiger partial charge on any atom is 0.157 e. The van der Waals surface area contributed by atoms with Crippen LogP contribution in [0, 0.1) is 6.92 Å². The lowest BCUT2D eigenvalue weighted by Crippen LogP contribution is -1.85. The van der Waals surface area contributed by atoms with Crippen LogP contribution in [0.15, 0.2) is 22.9 Å². The summed E-state index contributed by atoms with van der Waals surface area (Å²) in [6, 6.07) is 3.90. The minimum Gasteiger partial charge on any atom is -0.254 e. The van der Waals surface area contributed by atoms with Gasteiger partial charge in [-0.25, -0.2) is 0 Å². The molecule has 0 aromatic carbocycles. The van der Waals surface area contributed by atoms with Crippen molar-refractivity contribution in [2.45, 2.75) is 6.92 Å². The second-order valence-corrected chi connectivity index (χ2v) is 3.43. The summed E-state index contributed by atoms with van der Waals surface area (Å²) in [5, 5.41) is 10.4. The smallest absolute Gasteiger partial charge is 0.157 e. The number of hydrogen-bond donors (Lipinski definition) is 1. The predicted octanol–water partition coefficient (Wildman–Crippen LogP) is 1.94. The van der Waals surface area contributed by atoms with Crippen LogP contribution in [0.25, 0.3) is 11.4 Å². The molecule has 0 aliphatic heterocycles. The highest BCUT2D eigenvalue weighted by Gasteiger charge is 2.07. The van der Waals surface area contributed by atoms with Crippen molar-refractivity contribution in [1.82, 2.24) is 20.4 Å². The molecule has 0 radical (unpaired) electrons. The summed E-state index contributed by atoms with van der Waals surface area (Å²) in [4.78, 5) is 4.19. The maximum atomic E-state index is 4.19. The summed E-state index contributed by atoms with van der Waals surface area (Å²) in [5.74, 6) is 0. The zero-order chi connectivity index (χ0) is 9.26. The molecule has 0 atom stereocenters. The summed E-state index contributed by atoms with van der Waals surface area (Å²) >= 11 is 3.28. The van der Waals surface area contributed by atoms with E-state index in [0.717, 1.165) is 17.0 Å². The highest BCUT2D eigenvalue weighted by Crippen LogP contribution is 2.21. The first kappa shape index (κ1) is 8.37. The van der Waals surface area contributed by atoms with E-state index in [0.29, 0.717) is 4.60 Å². The van der Waals surface area contributed by atoms with E-state index >= 15 is 0 Å². The van der Waals surface area contributed by atoms with E-state index < -0.39 is 0 Å². The molecule has 0 fully saturated rings. The van der Waals surface area contributed by atoms with Gasteiger partial charge in [0.15, 0.2) is 4.60 Å². The third-order valence-corrected chi connectivity index (χ3v) is 2.22. The Morgan fingerprint density at radius 1 is 1.38 bits per heavy atom. The Hall–Kier alpha value is -1.23. The minimum atomic E-state index is 0.686. The summed E-state index contributed by atoms with van der Waals surface area (Å²) in [6.45, 7) is 2.01. The molecule has 13 heavy (non-hydrogen) atoms. The van der Waals surface area contributed by atoms with Crippen LogP contribution in [0.3, 0.4) is 0 Å². The highest BCUT2D eigenvalue weighted by molar-refractivity contribution is 9.10. The molecule has 2 heterocycles. The van der Waals surface area contributed by atoms with Crippen molar-refractivity contribution in [3.05, 3.63) is 28.5 Å². The van der Waals surface area contributed by atoms with Gasteiger partial charge in [0.05, 0.1) is 5.69 Å². The first-order chi connectivity index (χ1) is 6.27. The van der Waals surface area contributed by atoms with E-state index in [1.54, 1.807) is 6.20 Å². The van der Waals surface area contributed by atoms with Gasteiger partial charge in [0, 0.05) is 6.20 Å². The van der Waals surface area contributed by atoms with Gasteiger partial charge in [-0.05, 0) is 40.5 Å². The van der Waals surface area contributed by atoms with Gasteiger partial charge in [0.25, 0.3) is 0 Å². The van der Waals surface area contributed by atoms with Gasteiger partial charge in [-0.2, -0.15) is 10.3 Å². The Bertz CT molecular complexity index is 424. The van der Waals surface area contributed by atoms with Crippen molar-refractivity contribution in [1.29, 1.82) is 0 Å². The number of H-pyrrole nitrogens is 1. The van der Waals surface area contributed by atoms with E-state index in [-0.39, 0.29) is 0 Å². The van der Waals surface area contributed by atoms with Crippen molar-refractivity contribution < 1.29 is 0 Å². The van der Waals surface area contributed by atoms with Crippen LogP contribution < -0.4 is 0 Å². The Morgan fingerprint density at radius 2 is 2.23 bits per heavy atom. The van der Waals surface area contributed by atoms with Crippen LogP contribution in [0.1, 0.15) is 5.56 Å². The summed E-state index contributed by atoms with van der Waals surface area (Å²) in [6.07, 6.45) is 1.76. The van der Waals surface area contributed by atoms with Gasteiger partial charge >= 0.3 is 0 Å². The maximum absolute atomic E-state index is 4.19. The SMILES string of the molecule is Cc1ccnc(-c2n[nH]nc2Br)c1. The van der Waals surface area contributed by atoms with Gasteiger partial charge in [0.2, 0.25) is 0 Å². The Balaban J connectivity index is 2.53. The fourth-order valence-corrected chi connectivity index (χ4v) is 1.42. The largest absolute Gasteiger partial charge is 0.254 e. The second kappa shape index (κ2) is 3.26. The molecule has 1 N–H and O–H groups in total. The Labute approximate surface area is 83.5 Å². The molecule has 0 amide bonds. The minimum absolute atomic E-state index is 0.686. The van der Waals surface area contributed by atoms with E-state index in [2.05, 4.69) is 36.3 Å². The number of hydrogen-bond acceptors (Lipinski definition) is 3. The predicted molar refractivity (Wildman–Crippen MR) is 52.1 cm³/mol. The van der Waals surface area contributed by atoms with Crippen LogP contribution in [0.2, 0.25) is 0 Å². The number of halogens is 1. The van der Waals surface area contributed by atoms with Crippen LogP contribution in [-0.2, 0) is 0 Å². The van der Waals surface area contributed by atoms with Crippen molar-refractivity contribution in [2.75, 3.05) is 0 Å². The van der Waals surface area contributed by atoms with Crippen molar-refractivity contribution >= 4 is 15.9 Å². The van der Waals surface area contributed by atoms with E-state index in [1.165, 1.54) is 0 Å². The second-order valence-electron chi connectivity index (χ2n) is 2.68. The van der Waals surface area contributed by atoms with Gasteiger partial charge in [-0.15, -0.1) is 5.10 Å². The number of aryl methyl sites for hydroxylation is 1. The molecule has 0 spiro atoms. The Kier molecular flexibility index (Phi) is 2.10. The summed E-state index contributed by atoms with van der Waals surface area (Å²) in [7, 11) is 0. The van der Waals surface area contributed by atoms with E-state index in [9.17, 15) is 0 Å². The van der Waals surface area contributed by atoms with Gasteiger partial charge in [-0.1, -0.05) is 0 Å². The molecule has 4 nitrogen and oxygen atoms in total. The fourth-order valence-electron chi connectivity index (χ4n) is 1.05. The third-order valence-electron chi connectivity index (χ3n) is 1.66. The zero-order valence-electron chi connectivity index (χ0n) is 6.95. The molecule has 0 aliphatic rings. The molecule has 0 unspecified atom stereocenters. The number of rotatable bonds is 1. The van der Waals surface area contributed by atoms with Crippen LogP contribution in [0.4, 0.5) is 0 Å². The van der Waals surface area contributed by atoms with Crippen LogP contribution in [0.5, 0.6) is 0 Å². The molecule has 5 heteroatoms. The normalized spacial score (nSPS) is 10.3. The zero-order valence-corrected chi connectivity index (χ0v) is 8.54. The van der Waals surface area contributed by atoms with Gasteiger partial charge in [-0.3, -0.25) is 4.98 Å².